The van der Waals surface area contributed by atoms with Gasteiger partial charge in [0.2, 0.25) is 0 Å². The summed E-state index contributed by atoms with van der Waals surface area (Å²) in [5.41, 5.74) is 1.30. The molecule has 0 radical (unpaired) electrons. The van der Waals surface area contributed by atoms with Crippen LogP contribution in [0.2, 0.25) is 0 Å². The molecule has 84 valence electrons. The van der Waals surface area contributed by atoms with Gasteiger partial charge in [0.05, 0.1) is 0 Å². The molecule has 0 saturated heterocycles. The Bertz CT molecular complexity index is 532. The first-order valence-corrected chi connectivity index (χ1v) is 6.42. The van der Waals surface area contributed by atoms with E-state index in [9.17, 15) is 0 Å². The number of hydrogen-bond acceptors (Lipinski definition) is 1. The maximum Gasteiger partial charge on any atom is 0.0351 e. The van der Waals surface area contributed by atoms with Crippen molar-refractivity contribution in [2.24, 2.45) is 0 Å². The minimum Gasteiger partial charge on any atom is -0.106 e. The van der Waals surface area contributed by atoms with Gasteiger partial charge in [0.1, 0.15) is 0 Å². The van der Waals surface area contributed by atoms with Crippen LogP contribution in [-0.2, 0) is 6.42 Å². The van der Waals surface area contributed by atoms with Crippen molar-refractivity contribution in [3.8, 4) is 11.8 Å². The minimum absolute atomic E-state index is 0.826. The summed E-state index contributed by atoms with van der Waals surface area (Å²) in [7, 11) is 0. The summed E-state index contributed by atoms with van der Waals surface area (Å²) < 4.78 is 0. The van der Waals surface area contributed by atoms with Crippen molar-refractivity contribution < 1.29 is 0 Å². The Morgan fingerprint density at radius 1 is 0.941 bits per heavy atom. The molecule has 0 aliphatic heterocycles. The molecule has 1 heteroatoms. The summed E-state index contributed by atoms with van der Waals surface area (Å²) in [6.07, 6.45) is 0.826. The molecule has 0 heterocycles. The fourth-order valence-electron chi connectivity index (χ4n) is 1.55. The number of benzene rings is 2. The van der Waals surface area contributed by atoms with E-state index in [1.807, 2.05) is 13.0 Å². The highest BCUT2D eigenvalue weighted by molar-refractivity contribution is 7.99. The summed E-state index contributed by atoms with van der Waals surface area (Å²) in [6.45, 7) is 1.88. The summed E-state index contributed by atoms with van der Waals surface area (Å²) >= 11 is 1.80. The molecular weight excluding hydrogens is 224 g/mol. The van der Waals surface area contributed by atoms with Gasteiger partial charge in [-0.2, -0.15) is 0 Å². The predicted molar refractivity (Wildman–Crippen MR) is 74.2 cm³/mol. The normalized spacial score (nSPS) is 9.47. The maximum atomic E-state index is 3.13. The van der Waals surface area contributed by atoms with E-state index < -0.39 is 0 Å². The van der Waals surface area contributed by atoms with Gasteiger partial charge in [-0.3, -0.25) is 0 Å². The monoisotopic (exact) mass is 238 g/mol. The third-order valence-corrected chi connectivity index (χ3v) is 3.53. The van der Waals surface area contributed by atoms with Gasteiger partial charge in [-0.25, -0.2) is 0 Å². The molecule has 2 aromatic rings. The smallest absolute Gasteiger partial charge is 0.0351 e. The van der Waals surface area contributed by atoms with Gasteiger partial charge in [-0.1, -0.05) is 54.1 Å². The molecule has 0 fully saturated rings. The molecule has 0 atom stereocenters. The lowest BCUT2D eigenvalue weighted by Crippen LogP contribution is -1.85. The van der Waals surface area contributed by atoms with Crippen LogP contribution in [0, 0.1) is 11.8 Å². The fraction of sp³-hybridized carbons (Fsp3) is 0.125. The maximum absolute atomic E-state index is 3.13. The zero-order valence-electron chi connectivity index (χ0n) is 9.81. The van der Waals surface area contributed by atoms with Crippen molar-refractivity contribution in [2.75, 3.05) is 0 Å². The summed E-state index contributed by atoms with van der Waals surface area (Å²) in [6, 6.07) is 18.9. The lowest BCUT2D eigenvalue weighted by molar-refractivity contribution is 1.20. The summed E-state index contributed by atoms with van der Waals surface area (Å²) in [5, 5.41) is 0. The zero-order valence-corrected chi connectivity index (χ0v) is 10.6. The van der Waals surface area contributed by atoms with Crippen molar-refractivity contribution in [3.63, 3.8) is 0 Å². The molecule has 0 aromatic heterocycles. The molecule has 2 rings (SSSR count). The largest absolute Gasteiger partial charge is 0.106 e. The van der Waals surface area contributed by atoms with Crippen molar-refractivity contribution in [1.29, 1.82) is 0 Å². The topological polar surface area (TPSA) is 0 Å². The van der Waals surface area contributed by atoms with Crippen molar-refractivity contribution in [3.05, 3.63) is 60.2 Å². The van der Waals surface area contributed by atoms with Crippen molar-refractivity contribution in [2.45, 2.75) is 23.1 Å². The number of hydrogen-bond donors (Lipinski definition) is 0. The number of rotatable bonds is 3. The van der Waals surface area contributed by atoms with E-state index in [0.29, 0.717) is 0 Å². The SMILES string of the molecule is CC#CCc1ccccc1Sc1ccccc1. The average Bonchev–Trinajstić information content (AvgIpc) is 2.39. The molecule has 0 bridgehead atoms. The van der Waals surface area contributed by atoms with E-state index in [1.54, 1.807) is 11.8 Å². The third-order valence-electron chi connectivity index (χ3n) is 2.40. The van der Waals surface area contributed by atoms with Crippen LogP contribution in [0.5, 0.6) is 0 Å². The molecule has 0 spiro atoms. The van der Waals surface area contributed by atoms with E-state index in [2.05, 4.69) is 60.4 Å². The molecular formula is C16H14S. The second-order valence-electron chi connectivity index (χ2n) is 3.63. The second-order valence-corrected chi connectivity index (χ2v) is 4.74. The minimum atomic E-state index is 0.826. The van der Waals surface area contributed by atoms with Crippen LogP contribution in [0.15, 0.2) is 64.4 Å². The van der Waals surface area contributed by atoms with Crippen LogP contribution in [0.3, 0.4) is 0 Å². The van der Waals surface area contributed by atoms with Gasteiger partial charge >= 0.3 is 0 Å². The Labute approximate surface area is 107 Å². The average molecular weight is 238 g/mol. The van der Waals surface area contributed by atoms with Crippen LogP contribution in [0.25, 0.3) is 0 Å². The Hall–Kier alpha value is -1.65. The van der Waals surface area contributed by atoms with Gasteiger partial charge in [0.25, 0.3) is 0 Å². The van der Waals surface area contributed by atoms with Crippen molar-refractivity contribution in [1.82, 2.24) is 0 Å². The van der Waals surface area contributed by atoms with E-state index in [0.717, 1.165) is 6.42 Å². The van der Waals surface area contributed by atoms with Crippen LogP contribution in [-0.4, -0.2) is 0 Å². The molecule has 0 aliphatic rings. The standard InChI is InChI=1S/C16H14S/c1-2-3-9-14-10-7-8-13-16(14)17-15-11-5-4-6-12-15/h4-8,10-13H,9H2,1H3. The summed E-state index contributed by atoms with van der Waals surface area (Å²) in [5.74, 6) is 6.08. The first-order valence-electron chi connectivity index (χ1n) is 5.60. The van der Waals surface area contributed by atoms with Gasteiger partial charge in [-0.15, -0.1) is 5.92 Å². The van der Waals surface area contributed by atoms with Crippen LogP contribution < -0.4 is 0 Å². The molecule has 0 amide bonds. The van der Waals surface area contributed by atoms with E-state index in [1.165, 1.54) is 15.4 Å². The van der Waals surface area contributed by atoms with Gasteiger partial charge < -0.3 is 0 Å². The third kappa shape index (κ3) is 3.41. The Kier molecular flexibility index (Phi) is 4.30. The Morgan fingerprint density at radius 2 is 1.65 bits per heavy atom. The molecule has 0 aliphatic carbocycles. The fourth-order valence-corrected chi connectivity index (χ4v) is 2.51. The van der Waals surface area contributed by atoms with Crippen LogP contribution in [0.1, 0.15) is 12.5 Å². The molecule has 17 heavy (non-hydrogen) atoms. The lowest BCUT2D eigenvalue weighted by atomic mass is 10.1. The van der Waals surface area contributed by atoms with Crippen molar-refractivity contribution >= 4 is 11.8 Å². The summed E-state index contributed by atoms with van der Waals surface area (Å²) in [4.78, 5) is 2.56. The molecule has 2 aromatic carbocycles. The zero-order chi connectivity index (χ0) is 11.9. The molecule has 0 unspecified atom stereocenters. The second kappa shape index (κ2) is 6.18. The predicted octanol–water partition coefficient (Wildman–Crippen LogP) is 4.40. The quantitative estimate of drug-likeness (QED) is 0.714. The van der Waals surface area contributed by atoms with Crippen LogP contribution in [0.4, 0.5) is 0 Å². The lowest BCUT2D eigenvalue weighted by Gasteiger charge is -2.06. The van der Waals surface area contributed by atoms with Gasteiger partial charge in [0, 0.05) is 16.2 Å². The first kappa shape index (κ1) is 11.8. The highest BCUT2D eigenvalue weighted by Crippen LogP contribution is 2.30. The molecule has 0 N–H and O–H groups in total. The Balaban J connectivity index is 2.22. The Morgan fingerprint density at radius 3 is 2.41 bits per heavy atom. The van der Waals surface area contributed by atoms with E-state index in [4.69, 9.17) is 0 Å². The highest BCUT2D eigenvalue weighted by atomic mass is 32.2. The molecule has 0 saturated carbocycles. The molecule has 0 nitrogen and oxygen atoms in total. The van der Waals surface area contributed by atoms with E-state index in [-0.39, 0.29) is 0 Å². The van der Waals surface area contributed by atoms with Gasteiger partial charge in [-0.05, 0) is 30.7 Å². The highest BCUT2D eigenvalue weighted by Gasteiger charge is 2.02. The van der Waals surface area contributed by atoms with Gasteiger partial charge in [0.15, 0.2) is 0 Å². The van der Waals surface area contributed by atoms with Crippen LogP contribution >= 0.6 is 11.8 Å². The first-order chi connectivity index (χ1) is 8.40. The van der Waals surface area contributed by atoms with E-state index >= 15 is 0 Å².